The maximum atomic E-state index is 12.5. The van der Waals surface area contributed by atoms with Crippen molar-refractivity contribution in [3.8, 4) is 0 Å². The molecule has 0 bridgehead atoms. The summed E-state index contributed by atoms with van der Waals surface area (Å²) < 4.78 is 37.5. The number of benzene rings is 1. The maximum absolute atomic E-state index is 12.5. The van der Waals surface area contributed by atoms with Gasteiger partial charge in [-0.2, -0.15) is 24.9 Å². The van der Waals surface area contributed by atoms with Crippen LogP contribution >= 0.6 is 11.8 Å². The summed E-state index contributed by atoms with van der Waals surface area (Å²) in [4.78, 5) is 0. The maximum Gasteiger partial charge on any atom is 0.416 e. The number of alkyl halides is 3. The molecular weight excluding hydrogens is 259 g/mol. The summed E-state index contributed by atoms with van der Waals surface area (Å²) in [5.74, 6) is 2.73. The van der Waals surface area contributed by atoms with Gasteiger partial charge in [0.15, 0.2) is 0 Å². The Kier molecular flexibility index (Phi) is 4.22. The average molecular weight is 275 g/mol. The third kappa shape index (κ3) is 3.01. The average Bonchev–Trinajstić information content (AvgIpc) is 2.83. The number of rotatable bonds is 3. The Morgan fingerprint density at radius 2 is 1.94 bits per heavy atom. The number of thioether (sulfide) groups is 1. The van der Waals surface area contributed by atoms with Gasteiger partial charge in [-0.05, 0) is 48.6 Å². The van der Waals surface area contributed by atoms with E-state index in [1.54, 1.807) is 12.1 Å². The molecule has 2 rings (SSSR count). The molecule has 0 aromatic heterocycles. The molecule has 1 saturated heterocycles. The molecule has 1 nitrogen and oxygen atoms in total. The van der Waals surface area contributed by atoms with Crippen LogP contribution < -0.4 is 5.32 Å². The highest BCUT2D eigenvalue weighted by molar-refractivity contribution is 7.99. The molecule has 5 heteroatoms. The van der Waals surface area contributed by atoms with Crippen molar-refractivity contribution in [3.63, 3.8) is 0 Å². The van der Waals surface area contributed by atoms with E-state index in [1.165, 1.54) is 12.1 Å². The molecule has 0 saturated carbocycles. The topological polar surface area (TPSA) is 12.0 Å². The van der Waals surface area contributed by atoms with Crippen molar-refractivity contribution >= 4 is 11.8 Å². The Bertz CT molecular complexity index is 382. The summed E-state index contributed by atoms with van der Waals surface area (Å²) in [7, 11) is 1.87. The highest BCUT2D eigenvalue weighted by atomic mass is 32.2. The summed E-state index contributed by atoms with van der Waals surface area (Å²) in [6, 6.07) is 5.67. The zero-order valence-electron chi connectivity index (χ0n) is 10.1. The van der Waals surface area contributed by atoms with Crippen LogP contribution in [-0.4, -0.2) is 18.6 Å². The van der Waals surface area contributed by atoms with Gasteiger partial charge in [-0.15, -0.1) is 0 Å². The lowest BCUT2D eigenvalue weighted by molar-refractivity contribution is -0.137. The molecule has 1 aliphatic rings. The molecule has 1 fully saturated rings. The molecule has 2 unspecified atom stereocenters. The minimum absolute atomic E-state index is 0.155. The first kappa shape index (κ1) is 13.7. The van der Waals surface area contributed by atoms with Crippen LogP contribution in [0.2, 0.25) is 0 Å². The fraction of sp³-hybridized carbons (Fsp3) is 0.538. The molecule has 0 spiro atoms. The van der Waals surface area contributed by atoms with E-state index in [9.17, 15) is 13.2 Å². The van der Waals surface area contributed by atoms with Gasteiger partial charge in [-0.3, -0.25) is 0 Å². The van der Waals surface area contributed by atoms with E-state index in [4.69, 9.17) is 0 Å². The molecule has 1 aromatic rings. The minimum atomic E-state index is -4.25. The Balaban J connectivity index is 2.16. The van der Waals surface area contributed by atoms with E-state index < -0.39 is 11.7 Å². The summed E-state index contributed by atoms with van der Waals surface area (Å²) in [5, 5.41) is 3.22. The second kappa shape index (κ2) is 5.53. The van der Waals surface area contributed by atoms with Crippen molar-refractivity contribution in [3.05, 3.63) is 35.4 Å². The van der Waals surface area contributed by atoms with Gasteiger partial charge in [0.1, 0.15) is 0 Å². The molecule has 1 aliphatic heterocycles. The van der Waals surface area contributed by atoms with Crippen LogP contribution in [0.5, 0.6) is 0 Å². The van der Waals surface area contributed by atoms with Gasteiger partial charge in [0.2, 0.25) is 0 Å². The highest BCUT2D eigenvalue weighted by Gasteiger charge is 2.31. The first-order chi connectivity index (χ1) is 8.52. The van der Waals surface area contributed by atoms with Gasteiger partial charge >= 0.3 is 6.18 Å². The lowest BCUT2D eigenvalue weighted by Gasteiger charge is -2.23. The largest absolute Gasteiger partial charge is 0.416 e. The third-order valence-corrected chi connectivity index (χ3v) is 4.53. The normalized spacial score (nSPS) is 22.1. The van der Waals surface area contributed by atoms with Crippen LogP contribution in [0, 0.1) is 5.92 Å². The molecule has 0 aliphatic carbocycles. The molecular formula is C13H16F3NS. The summed E-state index contributed by atoms with van der Waals surface area (Å²) >= 11 is 1.91. The Morgan fingerprint density at radius 3 is 2.39 bits per heavy atom. The summed E-state index contributed by atoms with van der Waals surface area (Å²) in [6.45, 7) is 0. The van der Waals surface area contributed by atoms with Gasteiger partial charge in [0.05, 0.1) is 5.56 Å². The van der Waals surface area contributed by atoms with E-state index in [0.717, 1.165) is 23.5 Å². The van der Waals surface area contributed by atoms with Crippen molar-refractivity contribution in [2.45, 2.75) is 18.6 Å². The SMILES string of the molecule is CNC(c1ccc(C(F)(F)F)cc1)C1CCSC1. The zero-order valence-corrected chi connectivity index (χ0v) is 10.9. The Morgan fingerprint density at radius 1 is 1.28 bits per heavy atom. The fourth-order valence-electron chi connectivity index (χ4n) is 2.37. The van der Waals surface area contributed by atoms with E-state index in [0.29, 0.717) is 5.92 Å². The van der Waals surface area contributed by atoms with Gasteiger partial charge < -0.3 is 5.32 Å². The second-order valence-corrected chi connectivity index (χ2v) is 5.66. The first-order valence-corrected chi connectivity index (χ1v) is 7.10. The Labute approximate surface area is 109 Å². The lowest BCUT2D eigenvalue weighted by atomic mass is 9.92. The molecule has 1 heterocycles. The first-order valence-electron chi connectivity index (χ1n) is 5.94. The second-order valence-electron chi connectivity index (χ2n) is 4.51. The third-order valence-electron chi connectivity index (χ3n) is 3.34. The smallest absolute Gasteiger partial charge is 0.313 e. The van der Waals surface area contributed by atoms with Crippen LogP contribution in [0.3, 0.4) is 0 Å². The van der Waals surface area contributed by atoms with Crippen LogP contribution in [0.15, 0.2) is 24.3 Å². The zero-order chi connectivity index (χ0) is 13.2. The minimum Gasteiger partial charge on any atom is -0.313 e. The molecule has 18 heavy (non-hydrogen) atoms. The fourth-order valence-corrected chi connectivity index (χ4v) is 3.67. The standard InChI is InChI=1S/C13H16F3NS/c1-17-12(10-6-7-18-8-10)9-2-4-11(5-3-9)13(14,15)16/h2-5,10,12,17H,6-8H2,1H3. The molecule has 0 radical (unpaired) electrons. The van der Waals surface area contributed by atoms with Gasteiger partial charge in [0, 0.05) is 6.04 Å². The van der Waals surface area contributed by atoms with Crippen molar-refractivity contribution in [1.29, 1.82) is 0 Å². The van der Waals surface area contributed by atoms with Crippen molar-refractivity contribution in [1.82, 2.24) is 5.32 Å². The number of halogens is 3. The van der Waals surface area contributed by atoms with Gasteiger partial charge in [-0.25, -0.2) is 0 Å². The predicted molar refractivity (Wildman–Crippen MR) is 68.7 cm³/mol. The quantitative estimate of drug-likeness (QED) is 0.902. The number of hydrogen-bond donors (Lipinski definition) is 1. The van der Waals surface area contributed by atoms with Gasteiger partial charge in [0.25, 0.3) is 0 Å². The van der Waals surface area contributed by atoms with Crippen molar-refractivity contribution in [2.75, 3.05) is 18.6 Å². The Hall–Kier alpha value is -0.680. The van der Waals surface area contributed by atoms with E-state index in [2.05, 4.69) is 5.32 Å². The van der Waals surface area contributed by atoms with E-state index in [-0.39, 0.29) is 6.04 Å². The monoisotopic (exact) mass is 275 g/mol. The molecule has 1 N–H and O–H groups in total. The molecule has 1 aromatic carbocycles. The predicted octanol–water partition coefficient (Wildman–Crippen LogP) is 3.72. The van der Waals surface area contributed by atoms with Gasteiger partial charge in [-0.1, -0.05) is 12.1 Å². The summed E-state index contributed by atoms with van der Waals surface area (Å²) in [5.41, 5.74) is 0.361. The molecule has 0 amide bonds. The van der Waals surface area contributed by atoms with Crippen LogP contribution in [0.1, 0.15) is 23.6 Å². The molecule has 2 atom stereocenters. The van der Waals surface area contributed by atoms with Crippen LogP contribution in [0.25, 0.3) is 0 Å². The van der Waals surface area contributed by atoms with E-state index in [1.807, 2.05) is 18.8 Å². The lowest BCUT2D eigenvalue weighted by Crippen LogP contribution is -2.25. The number of nitrogens with one attached hydrogen (secondary N) is 1. The molecule has 100 valence electrons. The van der Waals surface area contributed by atoms with Crippen molar-refractivity contribution < 1.29 is 13.2 Å². The number of hydrogen-bond acceptors (Lipinski definition) is 2. The highest BCUT2D eigenvalue weighted by Crippen LogP contribution is 2.35. The van der Waals surface area contributed by atoms with Crippen LogP contribution in [-0.2, 0) is 6.18 Å². The van der Waals surface area contributed by atoms with E-state index >= 15 is 0 Å². The summed E-state index contributed by atoms with van der Waals surface area (Å²) in [6.07, 6.45) is -3.13. The van der Waals surface area contributed by atoms with Crippen LogP contribution in [0.4, 0.5) is 13.2 Å². The van der Waals surface area contributed by atoms with Crippen molar-refractivity contribution in [2.24, 2.45) is 5.92 Å².